The van der Waals surface area contributed by atoms with Crippen LogP contribution in [-0.2, 0) is 28.6 Å². The molecule has 0 radical (unpaired) electrons. The lowest BCUT2D eigenvalue weighted by atomic mass is 10.1. The van der Waals surface area contributed by atoms with Crippen molar-refractivity contribution in [3.05, 3.63) is 0 Å². The molecule has 0 bridgehead atoms. The van der Waals surface area contributed by atoms with E-state index in [1.54, 1.807) is 0 Å². The summed E-state index contributed by atoms with van der Waals surface area (Å²) in [6.07, 6.45) is 26.9. The Bertz CT molecular complexity index is 567. The highest BCUT2D eigenvalue weighted by molar-refractivity contribution is 5.71. The van der Waals surface area contributed by atoms with E-state index in [2.05, 4.69) is 20.8 Å². The highest BCUT2D eigenvalue weighted by Gasteiger charge is 2.19. The minimum absolute atomic E-state index is 0.0663. The maximum absolute atomic E-state index is 12.4. The summed E-state index contributed by atoms with van der Waals surface area (Å²) >= 11 is 0. The first-order valence-corrected chi connectivity index (χ1v) is 17.5. The zero-order chi connectivity index (χ0) is 30.2. The largest absolute Gasteiger partial charge is 0.462 e. The second kappa shape index (κ2) is 31.3. The Morgan fingerprint density at radius 3 is 0.976 bits per heavy atom. The van der Waals surface area contributed by atoms with Gasteiger partial charge >= 0.3 is 17.9 Å². The molecule has 0 aliphatic rings. The van der Waals surface area contributed by atoms with Gasteiger partial charge in [0.15, 0.2) is 6.10 Å². The van der Waals surface area contributed by atoms with Crippen molar-refractivity contribution >= 4 is 17.9 Å². The van der Waals surface area contributed by atoms with Crippen molar-refractivity contribution in [2.75, 3.05) is 13.2 Å². The van der Waals surface area contributed by atoms with Crippen LogP contribution in [0.5, 0.6) is 0 Å². The summed E-state index contributed by atoms with van der Waals surface area (Å²) in [4.78, 5) is 36.9. The number of hydrogen-bond acceptors (Lipinski definition) is 6. The Kier molecular flexibility index (Phi) is 30.1. The predicted molar refractivity (Wildman–Crippen MR) is 169 cm³/mol. The maximum atomic E-state index is 12.4. The van der Waals surface area contributed by atoms with Crippen molar-refractivity contribution in [1.29, 1.82) is 0 Å². The molecule has 0 N–H and O–H groups in total. The van der Waals surface area contributed by atoms with Gasteiger partial charge in [-0.2, -0.15) is 0 Å². The van der Waals surface area contributed by atoms with Gasteiger partial charge in [-0.15, -0.1) is 0 Å². The third-order valence-electron chi connectivity index (χ3n) is 7.61. The van der Waals surface area contributed by atoms with Gasteiger partial charge in [0.2, 0.25) is 0 Å². The summed E-state index contributed by atoms with van der Waals surface area (Å²) < 4.78 is 16.4. The summed E-state index contributed by atoms with van der Waals surface area (Å²) in [6, 6.07) is 0. The third-order valence-corrected chi connectivity index (χ3v) is 7.61. The zero-order valence-electron chi connectivity index (χ0n) is 27.3. The lowest BCUT2D eigenvalue weighted by molar-refractivity contribution is -0.167. The van der Waals surface area contributed by atoms with Gasteiger partial charge in [-0.1, -0.05) is 149 Å². The van der Waals surface area contributed by atoms with Gasteiger partial charge in [0.1, 0.15) is 13.2 Å². The van der Waals surface area contributed by atoms with Gasteiger partial charge in [0.25, 0.3) is 0 Å². The molecule has 0 aliphatic carbocycles. The lowest BCUT2D eigenvalue weighted by Crippen LogP contribution is -2.30. The molecule has 0 spiro atoms. The summed E-state index contributed by atoms with van der Waals surface area (Å²) in [5, 5.41) is 0. The van der Waals surface area contributed by atoms with Crippen molar-refractivity contribution in [2.24, 2.45) is 0 Å². The molecule has 0 heterocycles. The van der Waals surface area contributed by atoms with E-state index in [-0.39, 0.29) is 31.1 Å². The Morgan fingerprint density at radius 1 is 0.390 bits per heavy atom. The van der Waals surface area contributed by atoms with Crippen LogP contribution < -0.4 is 0 Å². The molecule has 0 saturated carbocycles. The Labute approximate surface area is 253 Å². The van der Waals surface area contributed by atoms with E-state index in [0.717, 1.165) is 64.2 Å². The molecule has 6 heteroatoms. The molecule has 0 rings (SSSR count). The third kappa shape index (κ3) is 29.7. The Balaban J connectivity index is 4.28. The first kappa shape index (κ1) is 39.4. The van der Waals surface area contributed by atoms with Crippen LogP contribution in [0, 0.1) is 0 Å². The summed E-state index contributed by atoms with van der Waals surface area (Å²) in [5.41, 5.74) is 0. The Hall–Kier alpha value is -1.59. The molecule has 0 saturated heterocycles. The molecule has 0 amide bonds. The number of hydrogen-bond donors (Lipinski definition) is 0. The fraction of sp³-hybridized carbons (Fsp3) is 0.914. The monoisotopic (exact) mass is 583 g/mol. The Morgan fingerprint density at radius 2 is 0.659 bits per heavy atom. The van der Waals surface area contributed by atoms with Gasteiger partial charge in [-0.25, -0.2) is 0 Å². The first-order valence-electron chi connectivity index (χ1n) is 17.5. The molecule has 0 aliphatic heterocycles. The molecule has 0 unspecified atom stereocenters. The highest BCUT2D eigenvalue weighted by Crippen LogP contribution is 2.13. The van der Waals surface area contributed by atoms with Gasteiger partial charge in [-0.05, 0) is 19.3 Å². The van der Waals surface area contributed by atoms with E-state index in [4.69, 9.17) is 14.2 Å². The van der Waals surface area contributed by atoms with Crippen molar-refractivity contribution in [2.45, 2.75) is 194 Å². The van der Waals surface area contributed by atoms with Crippen LogP contribution in [0.2, 0.25) is 0 Å². The van der Waals surface area contributed by atoms with E-state index in [1.165, 1.54) is 83.5 Å². The van der Waals surface area contributed by atoms with Crippen molar-refractivity contribution in [1.82, 2.24) is 0 Å². The predicted octanol–water partition coefficient (Wildman–Crippen LogP) is 10.2. The molecule has 41 heavy (non-hydrogen) atoms. The molecule has 242 valence electrons. The van der Waals surface area contributed by atoms with E-state index in [0.29, 0.717) is 19.3 Å². The minimum Gasteiger partial charge on any atom is -0.462 e. The van der Waals surface area contributed by atoms with Crippen LogP contribution in [0.15, 0.2) is 0 Å². The number of carbonyl (C=O) groups excluding carboxylic acids is 3. The fourth-order valence-corrected chi connectivity index (χ4v) is 4.91. The molecule has 0 aromatic heterocycles. The molecule has 6 nitrogen and oxygen atoms in total. The summed E-state index contributed by atoms with van der Waals surface area (Å²) in [5.74, 6) is -0.888. The standard InChI is InChI=1S/C35H66O6/c1-4-7-10-13-15-17-19-22-24-27-33(36)39-30-32(41-35(38)29-26-21-12-9-6-3)31-40-34(37)28-25-23-20-18-16-14-11-8-5-2/h32H,4-31H2,1-3H3/i35+1. The fourth-order valence-electron chi connectivity index (χ4n) is 4.91. The van der Waals surface area contributed by atoms with Crippen molar-refractivity contribution in [3.63, 3.8) is 0 Å². The van der Waals surface area contributed by atoms with E-state index in [9.17, 15) is 14.4 Å². The summed E-state index contributed by atoms with van der Waals surface area (Å²) in [6.45, 7) is 6.48. The van der Waals surface area contributed by atoms with Crippen molar-refractivity contribution in [3.8, 4) is 0 Å². The number of carbonyl (C=O) groups is 3. The minimum atomic E-state index is -0.753. The smallest absolute Gasteiger partial charge is 0.306 e. The topological polar surface area (TPSA) is 78.9 Å². The quantitative estimate of drug-likeness (QED) is 0.0350. The van der Waals surface area contributed by atoms with Gasteiger partial charge < -0.3 is 14.2 Å². The van der Waals surface area contributed by atoms with Crippen LogP contribution in [0.4, 0.5) is 0 Å². The molecular formula is C35H66O6. The molecule has 0 aromatic carbocycles. The van der Waals surface area contributed by atoms with Crippen molar-refractivity contribution < 1.29 is 28.6 Å². The number of esters is 3. The van der Waals surface area contributed by atoms with E-state index >= 15 is 0 Å². The molecular weight excluding hydrogens is 517 g/mol. The van der Waals surface area contributed by atoms with Crippen LogP contribution in [0.25, 0.3) is 0 Å². The van der Waals surface area contributed by atoms with Gasteiger partial charge in [-0.3, -0.25) is 14.4 Å². The molecule has 0 fully saturated rings. The number of unbranched alkanes of at least 4 members (excludes halogenated alkanes) is 20. The van der Waals surface area contributed by atoms with Crippen LogP contribution in [-0.4, -0.2) is 37.2 Å². The second-order valence-corrected chi connectivity index (χ2v) is 11.8. The number of ether oxygens (including phenoxy) is 3. The first-order chi connectivity index (χ1) is 20.0. The SMILES string of the molecule is CCCCCCCCCCCC(=O)OCC(COC(=O)CCCCCCCCCCC)O[13C](=O)CCCCCCC. The normalized spacial score (nSPS) is 11.1. The van der Waals surface area contributed by atoms with E-state index < -0.39 is 6.10 Å². The van der Waals surface area contributed by atoms with E-state index in [1.807, 2.05) is 0 Å². The molecule has 0 atom stereocenters. The average Bonchev–Trinajstić information content (AvgIpc) is 2.96. The average molecular weight is 584 g/mol. The highest BCUT2D eigenvalue weighted by atomic mass is 16.7. The summed E-state index contributed by atoms with van der Waals surface area (Å²) in [7, 11) is 0. The second-order valence-electron chi connectivity index (χ2n) is 11.8. The lowest BCUT2D eigenvalue weighted by Gasteiger charge is -2.18. The zero-order valence-corrected chi connectivity index (χ0v) is 27.3. The van der Waals surface area contributed by atoms with Crippen LogP contribution in [0.1, 0.15) is 188 Å². The van der Waals surface area contributed by atoms with Gasteiger partial charge in [0, 0.05) is 19.3 Å². The van der Waals surface area contributed by atoms with Crippen LogP contribution >= 0.6 is 0 Å². The molecule has 0 aromatic rings. The van der Waals surface area contributed by atoms with Crippen LogP contribution in [0.3, 0.4) is 0 Å². The van der Waals surface area contributed by atoms with Gasteiger partial charge in [0.05, 0.1) is 0 Å². The number of rotatable bonds is 31. The maximum Gasteiger partial charge on any atom is 0.306 e.